The summed E-state index contributed by atoms with van der Waals surface area (Å²) in [6.45, 7) is 6.13. The van der Waals surface area contributed by atoms with Gasteiger partial charge in [0.25, 0.3) is 5.56 Å². The Bertz CT molecular complexity index is 447. The summed E-state index contributed by atoms with van der Waals surface area (Å²) in [5.41, 5.74) is -0.271. The molecule has 1 heterocycles. The van der Waals surface area contributed by atoms with Gasteiger partial charge in [-0.2, -0.15) is 0 Å². The highest BCUT2D eigenvalue weighted by Gasteiger charge is 2.08. The number of aromatic nitrogens is 2. The molecule has 0 aliphatic rings. The van der Waals surface area contributed by atoms with Gasteiger partial charge >= 0.3 is 5.69 Å². The Balaban J connectivity index is 2.83. The van der Waals surface area contributed by atoms with E-state index in [9.17, 15) is 9.59 Å². The molecule has 1 aromatic heterocycles. The predicted molar refractivity (Wildman–Crippen MR) is 61.6 cm³/mol. The van der Waals surface area contributed by atoms with Crippen LogP contribution in [0.5, 0.6) is 0 Å². The van der Waals surface area contributed by atoms with Crippen LogP contribution >= 0.6 is 0 Å². The van der Waals surface area contributed by atoms with Crippen LogP contribution in [0.25, 0.3) is 0 Å². The van der Waals surface area contributed by atoms with Crippen LogP contribution in [0.1, 0.15) is 38.5 Å². The summed E-state index contributed by atoms with van der Waals surface area (Å²) in [7, 11) is 0. The zero-order valence-electron chi connectivity index (χ0n) is 9.95. The Morgan fingerprint density at radius 1 is 1.50 bits per heavy atom. The Morgan fingerprint density at radius 3 is 2.81 bits per heavy atom. The molecule has 1 atom stereocenters. The molecule has 90 valence electrons. The number of rotatable bonds is 5. The SMILES string of the molecule is CCCCO[C@@H](C)n1cc(C)c(=O)[nH]c1=O. The van der Waals surface area contributed by atoms with E-state index in [1.807, 2.05) is 0 Å². The molecular weight excluding hydrogens is 208 g/mol. The highest BCUT2D eigenvalue weighted by Crippen LogP contribution is 2.04. The molecule has 0 aliphatic carbocycles. The van der Waals surface area contributed by atoms with Crippen molar-refractivity contribution in [1.29, 1.82) is 0 Å². The van der Waals surface area contributed by atoms with E-state index in [4.69, 9.17) is 4.74 Å². The minimum atomic E-state index is -0.431. The second kappa shape index (κ2) is 5.65. The third-order valence-corrected chi connectivity index (χ3v) is 2.39. The molecule has 5 nitrogen and oxygen atoms in total. The molecule has 0 aromatic carbocycles. The molecule has 0 saturated heterocycles. The van der Waals surface area contributed by atoms with Crippen LogP contribution in [0.15, 0.2) is 15.8 Å². The number of ether oxygens (including phenoxy) is 1. The first kappa shape index (κ1) is 12.7. The van der Waals surface area contributed by atoms with Crippen molar-refractivity contribution in [3.8, 4) is 0 Å². The van der Waals surface area contributed by atoms with Crippen molar-refractivity contribution < 1.29 is 4.74 Å². The van der Waals surface area contributed by atoms with Crippen molar-refractivity contribution in [1.82, 2.24) is 9.55 Å². The summed E-state index contributed by atoms with van der Waals surface area (Å²) in [5.74, 6) is 0. The van der Waals surface area contributed by atoms with Gasteiger partial charge in [-0.25, -0.2) is 4.79 Å². The predicted octanol–water partition coefficient (Wildman–Crippen LogP) is 1.18. The lowest BCUT2D eigenvalue weighted by Crippen LogP contribution is -2.33. The number of H-pyrrole nitrogens is 1. The molecule has 0 saturated carbocycles. The van der Waals surface area contributed by atoms with Crippen molar-refractivity contribution in [2.24, 2.45) is 0 Å². The Hall–Kier alpha value is -1.36. The Kier molecular flexibility index (Phi) is 4.49. The standard InChI is InChI=1S/C11H18N2O3/c1-4-5-6-16-9(3)13-7-8(2)10(14)12-11(13)15/h7,9H,4-6H2,1-3H3,(H,12,14,15)/t9-/m0/s1. The van der Waals surface area contributed by atoms with Gasteiger partial charge in [-0.15, -0.1) is 0 Å². The first-order chi connectivity index (χ1) is 7.56. The van der Waals surface area contributed by atoms with E-state index in [0.717, 1.165) is 12.8 Å². The number of aromatic amines is 1. The van der Waals surface area contributed by atoms with Crippen LogP contribution < -0.4 is 11.2 Å². The maximum Gasteiger partial charge on any atom is 0.330 e. The smallest absolute Gasteiger partial charge is 0.330 e. The highest BCUT2D eigenvalue weighted by molar-refractivity contribution is 5.00. The minimum absolute atomic E-state index is 0.345. The molecule has 0 fully saturated rings. The second-order valence-corrected chi connectivity index (χ2v) is 3.80. The molecule has 1 N–H and O–H groups in total. The molecule has 1 rings (SSSR count). The first-order valence-electron chi connectivity index (χ1n) is 5.50. The quantitative estimate of drug-likeness (QED) is 0.767. The lowest BCUT2D eigenvalue weighted by atomic mass is 10.3. The molecule has 0 aliphatic heterocycles. The monoisotopic (exact) mass is 226 g/mol. The van der Waals surface area contributed by atoms with Gasteiger partial charge in [-0.05, 0) is 20.3 Å². The number of nitrogens with one attached hydrogen (secondary N) is 1. The van der Waals surface area contributed by atoms with Gasteiger partial charge in [-0.3, -0.25) is 14.3 Å². The van der Waals surface area contributed by atoms with Gasteiger partial charge in [0.15, 0.2) is 0 Å². The van der Waals surface area contributed by atoms with Crippen molar-refractivity contribution in [2.75, 3.05) is 6.61 Å². The minimum Gasteiger partial charge on any atom is -0.358 e. The number of aryl methyl sites for hydroxylation is 1. The largest absolute Gasteiger partial charge is 0.358 e. The van der Waals surface area contributed by atoms with Gasteiger partial charge in [0.05, 0.1) is 0 Å². The average molecular weight is 226 g/mol. The van der Waals surface area contributed by atoms with Crippen LogP contribution in [0.4, 0.5) is 0 Å². The van der Waals surface area contributed by atoms with Crippen molar-refractivity contribution in [3.05, 3.63) is 32.6 Å². The fourth-order valence-corrected chi connectivity index (χ4v) is 1.33. The molecule has 0 spiro atoms. The van der Waals surface area contributed by atoms with E-state index in [0.29, 0.717) is 12.2 Å². The van der Waals surface area contributed by atoms with Gasteiger partial charge in [0.2, 0.25) is 0 Å². The normalized spacial score (nSPS) is 12.7. The molecule has 1 aromatic rings. The van der Waals surface area contributed by atoms with E-state index in [1.54, 1.807) is 13.8 Å². The van der Waals surface area contributed by atoms with Crippen LogP contribution in [-0.4, -0.2) is 16.2 Å². The third-order valence-electron chi connectivity index (χ3n) is 2.39. The van der Waals surface area contributed by atoms with Crippen molar-refractivity contribution in [3.63, 3.8) is 0 Å². The van der Waals surface area contributed by atoms with E-state index in [1.165, 1.54) is 10.8 Å². The topological polar surface area (TPSA) is 64.1 Å². The molecule has 0 bridgehead atoms. The van der Waals surface area contributed by atoms with Crippen molar-refractivity contribution in [2.45, 2.75) is 39.8 Å². The zero-order valence-corrected chi connectivity index (χ0v) is 9.95. The molecule has 0 amide bonds. The number of nitrogens with zero attached hydrogens (tertiary/aromatic N) is 1. The first-order valence-corrected chi connectivity index (χ1v) is 5.50. The highest BCUT2D eigenvalue weighted by atomic mass is 16.5. The summed E-state index contributed by atoms with van der Waals surface area (Å²) >= 11 is 0. The summed E-state index contributed by atoms with van der Waals surface area (Å²) in [6.07, 6.45) is 3.18. The molecule has 0 unspecified atom stereocenters. The number of hydrogen-bond donors (Lipinski definition) is 1. The lowest BCUT2D eigenvalue weighted by molar-refractivity contribution is 0.0113. The zero-order chi connectivity index (χ0) is 12.1. The Labute approximate surface area is 94.1 Å². The van der Waals surface area contributed by atoms with Crippen LogP contribution in [-0.2, 0) is 4.74 Å². The van der Waals surface area contributed by atoms with Crippen molar-refractivity contribution >= 4 is 0 Å². The van der Waals surface area contributed by atoms with E-state index < -0.39 is 5.69 Å². The summed E-state index contributed by atoms with van der Waals surface area (Å²) in [6, 6.07) is 0. The molecule has 0 radical (unpaired) electrons. The van der Waals surface area contributed by atoms with Gasteiger partial charge < -0.3 is 4.74 Å². The van der Waals surface area contributed by atoms with Crippen LogP contribution in [0.3, 0.4) is 0 Å². The molecule has 16 heavy (non-hydrogen) atoms. The number of unbranched alkanes of at least 4 members (excludes halogenated alkanes) is 1. The fraction of sp³-hybridized carbons (Fsp3) is 0.636. The lowest BCUT2D eigenvalue weighted by Gasteiger charge is -2.15. The van der Waals surface area contributed by atoms with E-state index in [-0.39, 0.29) is 11.8 Å². The summed E-state index contributed by atoms with van der Waals surface area (Å²) in [5, 5.41) is 0. The van der Waals surface area contributed by atoms with Gasteiger partial charge in [0.1, 0.15) is 6.23 Å². The van der Waals surface area contributed by atoms with E-state index >= 15 is 0 Å². The number of hydrogen-bond acceptors (Lipinski definition) is 3. The summed E-state index contributed by atoms with van der Waals surface area (Å²) < 4.78 is 6.88. The summed E-state index contributed by atoms with van der Waals surface area (Å²) in [4.78, 5) is 24.9. The van der Waals surface area contributed by atoms with Crippen LogP contribution in [0, 0.1) is 6.92 Å². The average Bonchev–Trinajstić information content (AvgIpc) is 2.23. The molecular formula is C11H18N2O3. The van der Waals surface area contributed by atoms with E-state index in [2.05, 4.69) is 11.9 Å². The Morgan fingerprint density at radius 2 is 2.19 bits per heavy atom. The molecule has 5 heteroatoms. The second-order valence-electron chi connectivity index (χ2n) is 3.80. The third kappa shape index (κ3) is 3.06. The van der Waals surface area contributed by atoms with Gasteiger partial charge in [-0.1, -0.05) is 13.3 Å². The van der Waals surface area contributed by atoms with Crippen LogP contribution in [0.2, 0.25) is 0 Å². The maximum absolute atomic E-state index is 11.5. The maximum atomic E-state index is 11.5. The van der Waals surface area contributed by atoms with Gasteiger partial charge in [0, 0.05) is 18.4 Å². The fourth-order valence-electron chi connectivity index (χ4n) is 1.33.